The van der Waals surface area contributed by atoms with Crippen LogP contribution >= 0.6 is 11.3 Å². The first-order chi connectivity index (χ1) is 15.5. The maximum Gasteiger partial charge on any atom is 0.336 e. The van der Waals surface area contributed by atoms with Gasteiger partial charge in [-0.3, -0.25) is 4.79 Å². The van der Waals surface area contributed by atoms with Crippen LogP contribution in [-0.4, -0.2) is 31.1 Å². The summed E-state index contributed by atoms with van der Waals surface area (Å²) in [5.41, 5.74) is 2.83. The van der Waals surface area contributed by atoms with Crippen LogP contribution < -0.4 is 5.32 Å². The fourth-order valence-corrected chi connectivity index (χ4v) is 5.95. The van der Waals surface area contributed by atoms with Crippen molar-refractivity contribution in [3.05, 3.63) is 68.6 Å². The molecule has 6 nitrogen and oxygen atoms in total. The number of hydrogen-bond donors (Lipinski definition) is 1. The molecule has 1 aliphatic carbocycles. The molecule has 1 fully saturated rings. The maximum atomic E-state index is 13.4. The number of furan rings is 1. The number of thiophene rings is 1. The number of aryl methyl sites for hydroxylation is 1. The standard InChI is InChI=1S/C25H27NO5S/c1-14-7-8-21(32-14)24-22(25(28)31-13-17-5-3-9-29-17)15(2)26-18-11-16(12-19(27)23(18)24)20-6-4-10-30-20/h4,6-8,10,16-17,24,26H,3,5,9,11-13H2,1-2H3/t16-,17+,24+/m0/s1. The molecular formula is C25H27NO5S. The second-order valence-corrected chi connectivity index (χ2v) is 10.0. The molecule has 0 spiro atoms. The lowest BCUT2D eigenvalue weighted by molar-refractivity contribution is -0.142. The number of dihydropyridines is 1. The molecule has 0 aromatic carbocycles. The highest BCUT2D eigenvalue weighted by Gasteiger charge is 2.42. The van der Waals surface area contributed by atoms with Crippen LogP contribution in [0.25, 0.3) is 0 Å². The lowest BCUT2D eigenvalue weighted by atomic mass is 9.74. The molecule has 0 radical (unpaired) electrons. The van der Waals surface area contributed by atoms with Crippen LogP contribution in [0.1, 0.15) is 60.0 Å². The number of esters is 1. The van der Waals surface area contributed by atoms with E-state index in [0.29, 0.717) is 30.6 Å². The molecule has 3 atom stereocenters. The zero-order valence-corrected chi connectivity index (χ0v) is 19.1. The predicted octanol–water partition coefficient (Wildman–Crippen LogP) is 4.73. The summed E-state index contributed by atoms with van der Waals surface area (Å²) in [7, 11) is 0. The summed E-state index contributed by atoms with van der Waals surface area (Å²) in [6.45, 7) is 4.88. The fraction of sp³-hybridized carbons (Fsp3) is 0.440. The van der Waals surface area contributed by atoms with Crippen LogP contribution in [0.5, 0.6) is 0 Å². The number of allylic oxidation sites excluding steroid dienone is 3. The molecule has 32 heavy (non-hydrogen) atoms. The topological polar surface area (TPSA) is 77.8 Å². The molecule has 1 saturated heterocycles. The van der Waals surface area contributed by atoms with Crippen molar-refractivity contribution in [3.8, 4) is 0 Å². The van der Waals surface area contributed by atoms with E-state index in [1.54, 1.807) is 17.6 Å². The van der Waals surface area contributed by atoms with Gasteiger partial charge in [0.2, 0.25) is 0 Å². The third-order valence-electron chi connectivity index (χ3n) is 6.46. The molecule has 0 amide bonds. The summed E-state index contributed by atoms with van der Waals surface area (Å²) in [6, 6.07) is 7.82. The maximum absolute atomic E-state index is 13.4. The molecular weight excluding hydrogens is 426 g/mol. The third-order valence-corrected chi connectivity index (χ3v) is 7.53. The van der Waals surface area contributed by atoms with Crippen molar-refractivity contribution in [1.82, 2.24) is 5.32 Å². The monoisotopic (exact) mass is 453 g/mol. The number of nitrogens with one attached hydrogen (secondary N) is 1. The van der Waals surface area contributed by atoms with E-state index in [-0.39, 0.29) is 30.4 Å². The van der Waals surface area contributed by atoms with Gasteiger partial charge in [0.25, 0.3) is 0 Å². The van der Waals surface area contributed by atoms with E-state index in [1.807, 2.05) is 38.1 Å². The highest BCUT2D eigenvalue weighted by molar-refractivity contribution is 7.12. The Kier molecular flexibility index (Phi) is 5.78. The van der Waals surface area contributed by atoms with Crippen molar-refractivity contribution in [1.29, 1.82) is 0 Å². The number of Topliss-reactive ketones (excluding diaryl/α,β-unsaturated/α-hetero) is 1. The lowest BCUT2D eigenvalue weighted by Crippen LogP contribution is -2.36. The molecule has 168 valence electrons. The Morgan fingerprint density at radius 1 is 1.25 bits per heavy atom. The van der Waals surface area contributed by atoms with Crippen LogP contribution in [0.15, 0.2) is 57.5 Å². The summed E-state index contributed by atoms with van der Waals surface area (Å²) >= 11 is 1.62. The van der Waals surface area contributed by atoms with Crippen molar-refractivity contribution in [2.24, 2.45) is 0 Å². The SMILES string of the molecule is CC1=C(C(=O)OC[C@H]2CCCO2)[C@@H](c2ccc(C)s2)C2=C(C[C@H](c3ccco3)CC2=O)N1. The first kappa shape index (κ1) is 21.2. The molecule has 5 rings (SSSR count). The molecule has 1 N–H and O–H groups in total. The van der Waals surface area contributed by atoms with Gasteiger partial charge in [0.15, 0.2) is 5.78 Å². The number of ketones is 1. The molecule has 2 aliphatic heterocycles. The molecule has 2 aromatic rings. The Morgan fingerprint density at radius 2 is 2.12 bits per heavy atom. The Labute approximate surface area is 191 Å². The van der Waals surface area contributed by atoms with E-state index in [0.717, 1.165) is 39.8 Å². The second-order valence-electron chi connectivity index (χ2n) is 8.71. The van der Waals surface area contributed by atoms with Gasteiger partial charge in [-0.2, -0.15) is 0 Å². The van der Waals surface area contributed by atoms with Crippen LogP contribution in [-0.2, 0) is 19.1 Å². The molecule has 3 aliphatic rings. The van der Waals surface area contributed by atoms with Crippen molar-refractivity contribution in [2.45, 2.75) is 57.5 Å². The van der Waals surface area contributed by atoms with E-state index >= 15 is 0 Å². The van der Waals surface area contributed by atoms with Gasteiger partial charge >= 0.3 is 5.97 Å². The normalized spacial score (nSPS) is 25.7. The van der Waals surface area contributed by atoms with E-state index in [2.05, 4.69) is 5.32 Å². The molecule has 0 saturated carbocycles. The minimum Gasteiger partial charge on any atom is -0.469 e. The average Bonchev–Trinajstić information content (AvgIpc) is 3.53. The number of rotatable bonds is 5. The van der Waals surface area contributed by atoms with Gasteiger partial charge in [-0.1, -0.05) is 0 Å². The van der Waals surface area contributed by atoms with Gasteiger partial charge in [0, 0.05) is 45.7 Å². The zero-order valence-electron chi connectivity index (χ0n) is 18.3. The molecule has 0 bridgehead atoms. The Bertz CT molecular complexity index is 1090. The Morgan fingerprint density at radius 3 is 2.81 bits per heavy atom. The lowest BCUT2D eigenvalue weighted by Gasteiger charge is -2.35. The van der Waals surface area contributed by atoms with E-state index in [4.69, 9.17) is 13.9 Å². The minimum atomic E-state index is -0.410. The van der Waals surface area contributed by atoms with Crippen LogP contribution in [0.4, 0.5) is 0 Å². The van der Waals surface area contributed by atoms with Crippen molar-refractivity contribution < 1.29 is 23.5 Å². The van der Waals surface area contributed by atoms with Gasteiger partial charge < -0.3 is 19.2 Å². The average molecular weight is 454 g/mol. The molecule has 4 heterocycles. The smallest absolute Gasteiger partial charge is 0.336 e. The summed E-state index contributed by atoms with van der Waals surface area (Å²) in [4.78, 5) is 28.8. The molecule has 2 aromatic heterocycles. The van der Waals surface area contributed by atoms with Crippen molar-refractivity contribution in [3.63, 3.8) is 0 Å². The van der Waals surface area contributed by atoms with E-state index < -0.39 is 5.92 Å². The Balaban J connectivity index is 1.48. The van der Waals surface area contributed by atoms with Crippen LogP contribution in [0.2, 0.25) is 0 Å². The fourth-order valence-electron chi connectivity index (χ4n) is 4.95. The van der Waals surface area contributed by atoms with Gasteiger partial charge in [-0.25, -0.2) is 4.79 Å². The first-order valence-corrected chi connectivity index (χ1v) is 12.0. The number of carbonyl (C=O) groups excluding carboxylic acids is 2. The number of ether oxygens (including phenoxy) is 2. The van der Waals surface area contributed by atoms with Gasteiger partial charge in [-0.05, 0) is 57.4 Å². The quantitative estimate of drug-likeness (QED) is 0.660. The number of hydrogen-bond acceptors (Lipinski definition) is 7. The van der Waals surface area contributed by atoms with Crippen LogP contribution in [0, 0.1) is 6.92 Å². The zero-order chi connectivity index (χ0) is 22.2. The minimum absolute atomic E-state index is 0.00436. The number of carbonyl (C=O) groups is 2. The summed E-state index contributed by atoms with van der Waals surface area (Å²) in [6.07, 6.45) is 4.53. The summed E-state index contributed by atoms with van der Waals surface area (Å²) in [5, 5.41) is 3.38. The predicted molar refractivity (Wildman–Crippen MR) is 120 cm³/mol. The highest BCUT2D eigenvalue weighted by atomic mass is 32.1. The molecule has 0 unspecified atom stereocenters. The largest absolute Gasteiger partial charge is 0.469 e. The van der Waals surface area contributed by atoms with E-state index in [1.165, 1.54) is 0 Å². The summed E-state index contributed by atoms with van der Waals surface area (Å²) in [5.74, 6) is 0.0723. The van der Waals surface area contributed by atoms with Gasteiger partial charge in [0.05, 0.1) is 23.9 Å². The summed E-state index contributed by atoms with van der Waals surface area (Å²) < 4.78 is 16.9. The van der Waals surface area contributed by atoms with Gasteiger partial charge in [-0.15, -0.1) is 11.3 Å². The van der Waals surface area contributed by atoms with E-state index in [9.17, 15) is 9.59 Å². The third kappa shape index (κ3) is 3.95. The second kappa shape index (κ2) is 8.71. The highest BCUT2D eigenvalue weighted by Crippen LogP contribution is 2.47. The van der Waals surface area contributed by atoms with Crippen molar-refractivity contribution in [2.75, 3.05) is 13.2 Å². The molecule has 7 heteroatoms. The first-order valence-electron chi connectivity index (χ1n) is 11.1. The Hall–Kier alpha value is -2.64. The van der Waals surface area contributed by atoms with Crippen molar-refractivity contribution >= 4 is 23.1 Å². The van der Waals surface area contributed by atoms with Crippen LogP contribution in [0.3, 0.4) is 0 Å². The van der Waals surface area contributed by atoms with Gasteiger partial charge in [0.1, 0.15) is 12.4 Å².